The number of piperazine rings is 1. The fraction of sp³-hybridized carbons (Fsp3) is 0.611. The van der Waals surface area contributed by atoms with E-state index in [1.807, 2.05) is 0 Å². The van der Waals surface area contributed by atoms with Gasteiger partial charge >= 0.3 is 0 Å². The zero-order valence-corrected chi connectivity index (χ0v) is 16.7. The molecule has 8 heteroatoms. The minimum atomic E-state index is -3.48. The molecule has 3 rings (SSSR count). The molecule has 1 amide bonds. The zero-order chi connectivity index (χ0) is 18.7. The van der Waals surface area contributed by atoms with Crippen molar-refractivity contribution in [2.45, 2.75) is 38.1 Å². The summed E-state index contributed by atoms with van der Waals surface area (Å²) in [5.74, 6) is -0.145. The van der Waals surface area contributed by atoms with E-state index < -0.39 is 10.2 Å². The van der Waals surface area contributed by atoms with Crippen LogP contribution in [0.4, 0.5) is 0 Å². The molecule has 2 fully saturated rings. The van der Waals surface area contributed by atoms with Gasteiger partial charge in [0.25, 0.3) is 16.1 Å². The third-order valence-corrected chi connectivity index (χ3v) is 7.78. The lowest BCUT2D eigenvalue weighted by molar-refractivity contribution is 0.0693. The Morgan fingerprint density at radius 2 is 1.69 bits per heavy atom. The van der Waals surface area contributed by atoms with Crippen molar-refractivity contribution in [2.75, 3.05) is 33.2 Å². The van der Waals surface area contributed by atoms with Crippen LogP contribution in [0.1, 0.15) is 42.5 Å². The topological polar surface area (TPSA) is 60.9 Å². The molecule has 1 heterocycles. The highest BCUT2D eigenvalue weighted by atomic mass is 35.5. The molecule has 0 N–H and O–H groups in total. The van der Waals surface area contributed by atoms with E-state index in [0.29, 0.717) is 36.8 Å². The van der Waals surface area contributed by atoms with Crippen LogP contribution in [-0.2, 0) is 10.2 Å². The van der Waals surface area contributed by atoms with E-state index in [4.69, 9.17) is 11.6 Å². The van der Waals surface area contributed by atoms with Crippen LogP contribution in [0.2, 0.25) is 5.02 Å². The number of halogens is 1. The first-order valence-corrected chi connectivity index (χ1v) is 11.0. The molecule has 1 saturated heterocycles. The number of nitrogens with zero attached hydrogens (tertiary/aromatic N) is 3. The van der Waals surface area contributed by atoms with Crippen molar-refractivity contribution in [3.05, 3.63) is 34.9 Å². The first-order chi connectivity index (χ1) is 12.4. The molecule has 26 heavy (non-hydrogen) atoms. The van der Waals surface area contributed by atoms with Gasteiger partial charge in [0.15, 0.2) is 0 Å². The molecule has 2 aliphatic rings. The molecule has 1 aromatic carbocycles. The summed E-state index contributed by atoms with van der Waals surface area (Å²) in [6, 6.07) is 7.04. The lowest BCUT2D eigenvalue weighted by Crippen LogP contribution is -2.55. The normalized spacial score (nSPS) is 20.5. The standard InChI is InChI=1S/C18H26ClN3O3S/c1-20(15-7-3-2-4-8-15)26(24,25)22-13-11-21(12-14-22)18(23)16-9-5-6-10-17(16)19/h5-6,9-10,15H,2-4,7-8,11-14H2,1H3. The van der Waals surface area contributed by atoms with Gasteiger partial charge in [-0.3, -0.25) is 4.79 Å². The zero-order valence-electron chi connectivity index (χ0n) is 15.1. The summed E-state index contributed by atoms with van der Waals surface area (Å²) in [5.41, 5.74) is 0.463. The Hall–Kier alpha value is -1.15. The van der Waals surface area contributed by atoms with Crippen LogP contribution in [0.15, 0.2) is 24.3 Å². The third kappa shape index (κ3) is 4.06. The predicted octanol–water partition coefficient (Wildman–Crippen LogP) is 2.61. The summed E-state index contributed by atoms with van der Waals surface area (Å²) in [6.07, 6.45) is 5.23. The largest absolute Gasteiger partial charge is 0.336 e. The van der Waals surface area contributed by atoms with Gasteiger partial charge < -0.3 is 4.90 Å². The number of hydrogen-bond donors (Lipinski definition) is 0. The number of amides is 1. The molecule has 0 unspecified atom stereocenters. The van der Waals surface area contributed by atoms with Gasteiger partial charge in [0.05, 0.1) is 10.6 Å². The summed E-state index contributed by atoms with van der Waals surface area (Å²) in [4.78, 5) is 14.3. The maximum absolute atomic E-state index is 12.9. The second kappa shape index (κ2) is 8.25. The number of carbonyl (C=O) groups is 1. The Morgan fingerprint density at radius 3 is 2.31 bits per heavy atom. The Morgan fingerprint density at radius 1 is 1.08 bits per heavy atom. The van der Waals surface area contributed by atoms with E-state index in [1.165, 1.54) is 15.0 Å². The lowest BCUT2D eigenvalue weighted by atomic mass is 9.96. The molecule has 1 aliphatic carbocycles. The van der Waals surface area contributed by atoms with Crippen molar-refractivity contribution in [3.8, 4) is 0 Å². The molecule has 0 bridgehead atoms. The maximum Gasteiger partial charge on any atom is 0.282 e. The van der Waals surface area contributed by atoms with E-state index in [1.54, 1.807) is 36.2 Å². The molecular formula is C18H26ClN3O3S. The van der Waals surface area contributed by atoms with Crippen LogP contribution in [0, 0.1) is 0 Å². The maximum atomic E-state index is 12.9. The molecule has 1 aliphatic heterocycles. The number of carbonyl (C=O) groups excluding carboxylic acids is 1. The van der Waals surface area contributed by atoms with Gasteiger partial charge in [0.2, 0.25) is 0 Å². The second-order valence-corrected chi connectivity index (χ2v) is 9.38. The van der Waals surface area contributed by atoms with Crippen LogP contribution in [0.5, 0.6) is 0 Å². The van der Waals surface area contributed by atoms with E-state index >= 15 is 0 Å². The SMILES string of the molecule is CN(C1CCCCC1)S(=O)(=O)N1CCN(C(=O)c2ccccc2Cl)CC1. The van der Waals surface area contributed by atoms with Gasteiger partial charge in [-0.2, -0.15) is 17.0 Å². The van der Waals surface area contributed by atoms with Crippen LogP contribution in [0.25, 0.3) is 0 Å². The fourth-order valence-electron chi connectivity index (χ4n) is 3.74. The molecule has 1 aromatic rings. The van der Waals surface area contributed by atoms with E-state index in [9.17, 15) is 13.2 Å². The molecular weight excluding hydrogens is 374 g/mol. The summed E-state index contributed by atoms with van der Waals surface area (Å²) in [5, 5.41) is 0.421. The highest BCUT2D eigenvalue weighted by Crippen LogP contribution is 2.25. The Kier molecular flexibility index (Phi) is 6.22. The molecule has 6 nitrogen and oxygen atoms in total. The highest BCUT2D eigenvalue weighted by molar-refractivity contribution is 7.86. The van der Waals surface area contributed by atoms with Gasteiger partial charge in [-0.15, -0.1) is 0 Å². The molecule has 144 valence electrons. The van der Waals surface area contributed by atoms with E-state index in [0.717, 1.165) is 25.7 Å². The first-order valence-electron chi connectivity index (χ1n) is 9.18. The smallest absolute Gasteiger partial charge is 0.282 e. The third-order valence-electron chi connectivity index (χ3n) is 5.41. The van der Waals surface area contributed by atoms with E-state index in [2.05, 4.69) is 0 Å². The molecule has 0 atom stereocenters. The van der Waals surface area contributed by atoms with Crippen molar-refractivity contribution in [3.63, 3.8) is 0 Å². The quantitative estimate of drug-likeness (QED) is 0.781. The first kappa shape index (κ1) is 19.6. The van der Waals surface area contributed by atoms with Crippen molar-refractivity contribution in [2.24, 2.45) is 0 Å². The van der Waals surface area contributed by atoms with Gasteiger partial charge in [-0.05, 0) is 25.0 Å². The minimum Gasteiger partial charge on any atom is -0.336 e. The average molecular weight is 400 g/mol. The molecule has 0 aromatic heterocycles. The summed E-state index contributed by atoms with van der Waals surface area (Å²) in [6.45, 7) is 1.38. The number of hydrogen-bond acceptors (Lipinski definition) is 3. The van der Waals surface area contributed by atoms with Crippen molar-refractivity contribution in [1.82, 2.24) is 13.5 Å². The van der Waals surface area contributed by atoms with Gasteiger partial charge in [0.1, 0.15) is 0 Å². The van der Waals surface area contributed by atoms with Gasteiger partial charge in [0, 0.05) is 39.3 Å². The van der Waals surface area contributed by atoms with E-state index in [-0.39, 0.29) is 11.9 Å². The van der Waals surface area contributed by atoms with Crippen LogP contribution >= 0.6 is 11.6 Å². The second-order valence-electron chi connectivity index (χ2n) is 6.99. The van der Waals surface area contributed by atoms with Crippen LogP contribution < -0.4 is 0 Å². The van der Waals surface area contributed by atoms with Crippen molar-refractivity contribution < 1.29 is 13.2 Å². The lowest BCUT2D eigenvalue weighted by Gasteiger charge is -2.38. The van der Waals surface area contributed by atoms with Crippen LogP contribution in [-0.4, -0.2) is 67.1 Å². The molecule has 0 radical (unpaired) electrons. The Bertz CT molecular complexity index is 742. The predicted molar refractivity (Wildman–Crippen MR) is 102 cm³/mol. The van der Waals surface area contributed by atoms with Crippen molar-refractivity contribution >= 4 is 27.7 Å². The molecule has 0 spiro atoms. The summed E-state index contributed by atoms with van der Waals surface area (Å²) < 4.78 is 28.9. The molecule has 1 saturated carbocycles. The van der Waals surface area contributed by atoms with Crippen LogP contribution in [0.3, 0.4) is 0 Å². The van der Waals surface area contributed by atoms with Gasteiger partial charge in [-0.1, -0.05) is 43.0 Å². The van der Waals surface area contributed by atoms with Gasteiger partial charge in [-0.25, -0.2) is 0 Å². The summed E-state index contributed by atoms with van der Waals surface area (Å²) >= 11 is 6.11. The Labute approximate surface area is 160 Å². The highest BCUT2D eigenvalue weighted by Gasteiger charge is 2.35. The minimum absolute atomic E-state index is 0.0940. The fourth-order valence-corrected chi connectivity index (χ4v) is 5.54. The Balaban J connectivity index is 1.62. The summed E-state index contributed by atoms with van der Waals surface area (Å²) in [7, 11) is -1.79. The monoisotopic (exact) mass is 399 g/mol. The van der Waals surface area contributed by atoms with Crippen molar-refractivity contribution in [1.29, 1.82) is 0 Å². The average Bonchev–Trinajstić information content (AvgIpc) is 2.68. The number of benzene rings is 1. The number of rotatable bonds is 4.